The first-order chi connectivity index (χ1) is 16.3. The Morgan fingerprint density at radius 2 is 1.59 bits per heavy atom. The van der Waals surface area contributed by atoms with E-state index in [1.807, 2.05) is 24.3 Å². The predicted octanol–water partition coefficient (Wildman–Crippen LogP) is 5.66. The zero-order chi connectivity index (χ0) is 23.9. The first kappa shape index (κ1) is 21.9. The van der Waals surface area contributed by atoms with Crippen molar-refractivity contribution in [2.24, 2.45) is 4.99 Å². The molecule has 5 rings (SSSR count). The highest BCUT2D eigenvalue weighted by molar-refractivity contribution is 6.20. The molecule has 1 atom stereocenters. The number of para-hydroxylation sites is 2. The lowest BCUT2D eigenvalue weighted by Crippen LogP contribution is -2.44. The van der Waals surface area contributed by atoms with Crippen LogP contribution in [0.3, 0.4) is 0 Å². The van der Waals surface area contributed by atoms with E-state index < -0.39 is 30.5 Å². The van der Waals surface area contributed by atoms with E-state index in [0.29, 0.717) is 4.90 Å². The fraction of sp³-hybridized carbons (Fsp3) is 0.154. The smallest absolute Gasteiger partial charge is 0.361 e. The van der Waals surface area contributed by atoms with Crippen LogP contribution in [-0.2, 0) is 11.2 Å². The number of aromatic amines is 1. The van der Waals surface area contributed by atoms with Crippen molar-refractivity contribution in [3.63, 3.8) is 0 Å². The number of benzene rings is 3. The summed E-state index contributed by atoms with van der Waals surface area (Å²) in [7, 11) is 0. The molecule has 4 aromatic rings. The van der Waals surface area contributed by atoms with Gasteiger partial charge in [0.1, 0.15) is 18.4 Å². The van der Waals surface area contributed by atoms with Gasteiger partial charge < -0.3 is 9.88 Å². The number of anilines is 1. The highest BCUT2D eigenvalue weighted by atomic mass is 19.4. The molecule has 0 bridgehead atoms. The average Bonchev–Trinajstić information content (AvgIpc) is 3.18. The number of halogens is 4. The molecule has 0 aliphatic carbocycles. The fourth-order valence-electron chi connectivity index (χ4n) is 4.34. The van der Waals surface area contributed by atoms with Crippen LogP contribution in [0.2, 0.25) is 0 Å². The standard InChI is InChI=1S/C26H19F4N3O/c27-20-10-4-1-8-18(20)24-19-9-3-6-12-23(19)33(15-26(28,29)30)25(34)22(32-24)13-16-14-31-21-11-5-2-7-17(16)21/h1-12,14,22,31H,13,15H2/t22-/m1/s1. The van der Waals surface area contributed by atoms with Crippen LogP contribution in [0.5, 0.6) is 0 Å². The van der Waals surface area contributed by atoms with Crippen LogP contribution in [0.25, 0.3) is 10.9 Å². The Labute approximate surface area is 192 Å². The molecule has 4 nitrogen and oxygen atoms in total. The second kappa shape index (κ2) is 8.44. The third kappa shape index (κ3) is 4.07. The molecule has 172 valence electrons. The van der Waals surface area contributed by atoms with Crippen LogP contribution in [0, 0.1) is 5.82 Å². The number of hydrogen-bond acceptors (Lipinski definition) is 2. The molecule has 0 fully saturated rings. The minimum atomic E-state index is -4.63. The van der Waals surface area contributed by atoms with Gasteiger partial charge in [-0.05, 0) is 29.8 Å². The lowest BCUT2D eigenvalue weighted by molar-refractivity contribution is -0.133. The predicted molar refractivity (Wildman–Crippen MR) is 123 cm³/mol. The number of nitrogens with zero attached hydrogens (tertiary/aromatic N) is 2. The topological polar surface area (TPSA) is 48.5 Å². The number of benzodiazepines with no additional fused rings is 1. The molecule has 2 heterocycles. The van der Waals surface area contributed by atoms with Crippen molar-refractivity contribution >= 4 is 28.2 Å². The molecule has 1 aliphatic heterocycles. The van der Waals surface area contributed by atoms with Crippen molar-refractivity contribution in [3.8, 4) is 0 Å². The Morgan fingerprint density at radius 3 is 2.35 bits per heavy atom. The summed E-state index contributed by atoms with van der Waals surface area (Å²) >= 11 is 0. The third-order valence-corrected chi connectivity index (χ3v) is 5.84. The van der Waals surface area contributed by atoms with Crippen molar-refractivity contribution in [3.05, 3.63) is 102 Å². The number of hydrogen-bond donors (Lipinski definition) is 1. The summed E-state index contributed by atoms with van der Waals surface area (Å²) in [5.41, 5.74) is 2.17. The number of rotatable bonds is 4. The van der Waals surface area contributed by atoms with Gasteiger partial charge in [0.25, 0.3) is 5.91 Å². The van der Waals surface area contributed by atoms with Crippen molar-refractivity contribution < 1.29 is 22.4 Å². The van der Waals surface area contributed by atoms with E-state index in [-0.39, 0.29) is 28.9 Å². The maximum absolute atomic E-state index is 14.8. The molecule has 0 saturated carbocycles. The van der Waals surface area contributed by atoms with E-state index >= 15 is 0 Å². The summed E-state index contributed by atoms with van der Waals surface area (Å²) in [5.74, 6) is -1.36. The van der Waals surface area contributed by atoms with Gasteiger partial charge in [0.05, 0.1) is 11.4 Å². The quantitative estimate of drug-likeness (QED) is 0.388. The first-order valence-corrected chi connectivity index (χ1v) is 10.7. The molecule has 8 heteroatoms. The van der Waals surface area contributed by atoms with Crippen molar-refractivity contribution in [1.29, 1.82) is 0 Å². The van der Waals surface area contributed by atoms with E-state index in [1.54, 1.807) is 30.5 Å². The summed E-state index contributed by atoms with van der Waals surface area (Å²) in [5, 5.41) is 0.849. The van der Waals surface area contributed by atoms with Crippen LogP contribution in [-0.4, -0.2) is 35.4 Å². The van der Waals surface area contributed by atoms with Crippen LogP contribution in [0.15, 0.2) is 84.0 Å². The molecule has 1 aromatic heterocycles. The minimum Gasteiger partial charge on any atom is -0.361 e. The Balaban J connectivity index is 1.69. The van der Waals surface area contributed by atoms with Crippen molar-refractivity contribution in [2.75, 3.05) is 11.4 Å². The van der Waals surface area contributed by atoms with Crippen LogP contribution in [0.4, 0.5) is 23.2 Å². The number of amides is 1. The molecule has 1 N–H and O–H groups in total. The molecule has 3 aromatic carbocycles. The van der Waals surface area contributed by atoms with Gasteiger partial charge >= 0.3 is 6.18 Å². The normalized spacial score (nSPS) is 16.4. The fourth-order valence-corrected chi connectivity index (χ4v) is 4.34. The average molecular weight is 465 g/mol. The highest BCUT2D eigenvalue weighted by Gasteiger charge is 2.39. The molecule has 1 aliphatic rings. The molecule has 34 heavy (non-hydrogen) atoms. The molecule has 0 saturated heterocycles. The van der Waals surface area contributed by atoms with Gasteiger partial charge in [-0.3, -0.25) is 9.79 Å². The van der Waals surface area contributed by atoms with Crippen LogP contribution in [0.1, 0.15) is 16.7 Å². The molecular weight excluding hydrogens is 446 g/mol. The van der Waals surface area contributed by atoms with E-state index in [0.717, 1.165) is 16.5 Å². The SMILES string of the molecule is O=C1[C@@H](Cc2c[nH]c3ccccc23)N=C(c2ccccc2F)c2ccccc2N1CC(F)(F)F. The molecule has 1 amide bonds. The summed E-state index contributed by atoms with van der Waals surface area (Å²) in [6.45, 7) is -1.46. The second-order valence-corrected chi connectivity index (χ2v) is 8.09. The number of aromatic nitrogens is 1. The number of fused-ring (bicyclic) bond motifs is 2. The number of H-pyrrole nitrogens is 1. The van der Waals surface area contributed by atoms with Gasteiger partial charge in [0.2, 0.25) is 0 Å². The summed E-state index contributed by atoms with van der Waals surface area (Å²) in [6, 6.07) is 18.3. The van der Waals surface area contributed by atoms with E-state index in [2.05, 4.69) is 9.98 Å². The van der Waals surface area contributed by atoms with E-state index in [4.69, 9.17) is 0 Å². The molecule has 0 radical (unpaired) electrons. The lowest BCUT2D eigenvalue weighted by Gasteiger charge is -2.26. The number of alkyl halides is 3. The number of carbonyl (C=O) groups is 1. The van der Waals surface area contributed by atoms with Gasteiger partial charge in [-0.25, -0.2) is 4.39 Å². The highest BCUT2D eigenvalue weighted by Crippen LogP contribution is 2.33. The molecule has 0 unspecified atom stereocenters. The largest absolute Gasteiger partial charge is 0.406 e. The number of carbonyl (C=O) groups excluding carboxylic acids is 1. The van der Waals surface area contributed by atoms with Crippen molar-refractivity contribution in [1.82, 2.24) is 4.98 Å². The zero-order valence-electron chi connectivity index (χ0n) is 17.8. The zero-order valence-corrected chi connectivity index (χ0v) is 17.8. The lowest BCUT2D eigenvalue weighted by atomic mass is 9.99. The molecule has 0 spiro atoms. The molecular formula is C26H19F4N3O. The number of nitrogens with one attached hydrogen (secondary N) is 1. The maximum atomic E-state index is 14.8. The summed E-state index contributed by atoms with van der Waals surface area (Å²) in [4.78, 5) is 21.9. The Bertz CT molecular complexity index is 1410. The third-order valence-electron chi connectivity index (χ3n) is 5.84. The Hall–Kier alpha value is -3.94. The first-order valence-electron chi connectivity index (χ1n) is 10.7. The van der Waals surface area contributed by atoms with Gasteiger partial charge in [0.15, 0.2) is 0 Å². The van der Waals surface area contributed by atoms with Crippen molar-refractivity contribution in [2.45, 2.75) is 18.6 Å². The van der Waals surface area contributed by atoms with Gasteiger partial charge in [0, 0.05) is 34.6 Å². The Morgan fingerprint density at radius 1 is 0.912 bits per heavy atom. The summed E-state index contributed by atoms with van der Waals surface area (Å²) in [6.07, 6.45) is -2.85. The van der Waals surface area contributed by atoms with Gasteiger partial charge in [-0.2, -0.15) is 13.2 Å². The minimum absolute atomic E-state index is 0.0493. The van der Waals surface area contributed by atoms with E-state index in [1.165, 1.54) is 24.3 Å². The van der Waals surface area contributed by atoms with Gasteiger partial charge in [-0.1, -0.05) is 48.5 Å². The maximum Gasteiger partial charge on any atom is 0.406 e. The monoisotopic (exact) mass is 465 g/mol. The van der Waals surface area contributed by atoms with Gasteiger partial charge in [-0.15, -0.1) is 0 Å². The Kier molecular flexibility index (Phi) is 5.43. The second-order valence-electron chi connectivity index (χ2n) is 8.09. The number of aliphatic imine (C=N–C) groups is 1. The summed E-state index contributed by atoms with van der Waals surface area (Å²) < 4.78 is 55.4. The van der Waals surface area contributed by atoms with Crippen LogP contribution >= 0.6 is 0 Å². The van der Waals surface area contributed by atoms with E-state index in [9.17, 15) is 22.4 Å². The van der Waals surface area contributed by atoms with Crippen LogP contribution < -0.4 is 4.90 Å².